The topological polar surface area (TPSA) is 50.8 Å². The molecule has 0 fully saturated rings. The van der Waals surface area contributed by atoms with E-state index in [4.69, 9.17) is 9.47 Å². The second-order valence-electron chi connectivity index (χ2n) is 18.3. The first-order valence-electron chi connectivity index (χ1n) is 25.5. The summed E-state index contributed by atoms with van der Waals surface area (Å²) in [5.41, 5.74) is 0. The van der Waals surface area contributed by atoms with Crippen molar-refractivity contribution in [3.63, 3.8) is 0 Å². The number of nitrogens with one attached hydrogen (secondary N) is 1. The van der Waals surface area contributed by atoms with Crippen LogP contribution in [0.5, 0.6) is 0 Å². The number of carbonyl (C=O) groups is 1. The zero-order valence-corrected chi connectivity index (χ0v) is 39.6. The van der Waals surface area contributed by atoms with Gasteiger partial charge in [-0.1, -0.05) is 207 Å². The normalized spacial score (nSPS) is 12.1. The summed E-state index contributed by atoms with van der Waals surface area (Å²) >= 11 is 0. The molecule has 336 valence electrons. The zero-order chi connectivity index (χ0) is 41.2. The molecule has 0 rings (SSSR count). The molecule has 5 nitrogen and oxygen atoms in total. The number of amides is 1. The highest BCUT2D eigenvalue weighted by atomic mass is 16.5. The third-order valence-electron chi connectivity index (χ3n) is 12.5. The third kappa shape index (κ3) is 38.8. The molecule has 0 saturated carbocycles. The van der Waals surface area contributed by atoms with Crippen LogP contribution in [0.15, 0.2) is 0 Å². The molecule has 0 heterocycles. The molecule has 0 aromatic carbocycles. The van der Waals surface area contributed by atoms with Gasteiger partial charge in [-0.25, -0.2) is 0 Å². The quantitative estimate of drug-likeness (QED) is 0.0624. The van der Waals surface area contributed by atoms with E-state index in [0.29, 0.717) is 18.6 Å². The Labute approximate surface area is 353 Å². The third-order valence-corrected chi connectivity index (χ3v) is 12.5. The molecule has 1 N–H and O–H groups in total. The lowest BCUT2D eigenvalue weighted by Crippen LogP contribution is -2.42. The minimum absolute atomic E-state index is 0.197. The van der Waals surface area contributed by atoms with Gasteiger partial charge in [0.15, 0.2) is 0 Å². The van der Waals surface area contributed by atoms with Gasteiger partial charge in [0.05, 0.1) is 6.54 Å². The summed E-state index contributed by atoms with van der Waals surface area (Å²) in [5.74, 6) is 1.95. The van der Waals surface area contributed by atoms with Crippen LogP contribution in [0.2, 0.25) is 0 Å². The first kappa shape index (κ1) is 55.4. The van der Waals surface area contributed by atoms with Crippen molar-refractivity contribution in [3.8, 4) is 0 Å². The van der Waals surface area contributed by atoms with E-state index < -0.39 is 0 Å². The van der Waals surface area contributed by atoms with Gasteiger partial charge in [-0.3, -0.25) is 9.69 Å². The fourth-order valence-electron chi connectivity index (χ4n) is 8.23. The smallest absolute Gasteiger partial charge is 0.234 e. The minimum atomic E-state index is 0.197. The molecule has 0 aliphatic rings. The van der Waals surface area contributed by atoms with Crippen LogP contribution in [0.1, 0.15) is 260 Å². The van der Waals surface area contributed by atoms with E-state index in [9.17, 15) is 4.79 Å². The Kier molecular flexibility index (Phi) is 43.4. The number of nitrogens with zero attached hydrogens (tertiary/aromatic N) is 1. The Hall–Kier alpha value is -0.650. The van der Waals surface area contributed by atoms with Crippen molar-refractivity contribution in [2.45, 2.75) is 272 Å². The largest absolute Gasteiger partial charge is 0.381 e. The molecule has 0 radical (unpaired) electrons. The number of hydrogen-bond donors (Lipinski definition) is 1. The predicted molar refractivity (Wildman–Crippen MR) is 248 cm³/mol. The SMILES string of the molecule is CCCCCC(CCCCC)CCOCCCCCCCCCC(CCCCCCCCCOCCC(CCCCC)CCCCC)NC(=O)CN(C)C(C)C. The van der Waals surface area contributed by atoms with Crippen LogP contribution in [-0.4, -0.2) is 62.9 Å². The maximum absolute atomic E-state index is 12.9. The molecule has 0 bridgehead atoms. The second-order valence-corrected chi connectivity index (χ2v) is 18.3. The lowest BCUT2D eigenvalue weighted by molar-refractivity contribution is -0.123. The van der Waals surface area contributed by atoms with Gasteiger partial charge in [0, 0.05) is 38.5 Å². The molecule has 0 aliphatic heterocycles. The first-order valence-corrected chi connectivity index (χ1v) is 25.5. The Morgan fingerprint density at radius 3 is 1.09 bits per heavy atom. The summed E-state index contributed by atoms with van der Waals surface area (Å²) in [6.45, 7) is 17.9. The highest BCUT2D eigenvalue weighted by molar-refractivity contribution is 5.78. The molecule has 56 heavy (non-hydrogen) atoms. The van der Waals surface area contributed by atoms with Crippen LogP contribution in [-0.2, 0) is 14.3 Å². The van der Waals surface area contributed by atoms with E-state index in [1.165, 1.54) is 205 Å². The number of ether oxygens (including phenoxy) is 2. The Morgan fingerprint density at radius 2 is 0.750 bits per heavy atom. The monoisotopic (exact) mass is 793 g/mol. The van der Waals surface area contributed by atoms with Crippen LogP contribution in [0, 0.1) is 11.8 Å². The summed E-state index contributed by atoms with van der Waals surface area (Å²) in [6.07, 6.45) is 44.8. The van der Waals surface area contributed by atoms with Gasteiger partial charge >= 0.3 is 0 Å². The molecule has 5 heteroatoms. The Balaban J connectivity index is 4.14. The first-order chi connectivity index (χ1) is 27.4. The maximum Gasteiger partial charge on any atom is 0.234 e. The molecule has 0 unspecified atom stereocenters. The van der Waals surface area contributed by atoms with Crippen molar-refractivity contribution in [1.29, 1.82) is 0 Å². The summed E-state index contributed by atoms with van der Waals surface area (Å²) in [7, 11) is 2.05. The molecular formula is C51H104N2O3. The summed E-state index contributed by atoms with van der Waals surface area (Å²) in [5, 5.41) is 3.43. The van der Waals surface area contributed by atoms with Crippen LogP contribution >= 0.6 is 0 Å². The average Bonchev–Trinajstić information content (AvgIpc) is 3.18. The van der Waals surface area contributed by atoms with E-state index >= 15 is 0 Å². The standard InChI is InChI=1S/C51H104N2O3/c1-8-12-26-34-48(35-27-13-9-2)40-44-55-42-32-24-20-16-18-22-30-38-50(52-51(54)46-53(7)47(5)6)39-31-23-19-17-21-25-33-43-56-45-41-49(36-28-14-10-3)37-29-15-11-4/h47-50H,8-46H2,1-7H3,(H,52,54). The van der Waals surface area contributed by atoms with E-state index in [2.05, 4.69) is 58.8 Å². The number of carbonyl (C=O) groups excluding carboxylic acids is 1. The van der Waals surface area contributed by atoms with Gasteiger partial charge in [-0.2, -0.15) is 0 Å². The minimum Gasteiger partial charge on any atom is -0.381 e. The number of rotatable bonds is 46. The van der Waals surface area contributed by atoms with E-state index in [0.717, 1.165) is 51.1 Å². The molecular weight excluding hydrogens is 689 g/mol. The number of hydrogen-bond acceptors (Lipinski definition) is 4. The molecule has 0 aliphatic carbocycles. The van der Waals surface area contributed by atoms with Crippen LogP contribution in [0.3, 0.4) is 0 Å². The van der Waals surface area contributed by atoms with Gasteiger partial charge in [0.25, 0.3) is 0 Å². The van der Waals surface area contributed by atoms with E-state index in [1.54, 1.807) is 0 Å². The van der Waals surface area contributed by atoms with Gasteiger partial charge < -0.3 is 14.8 Å². The number of likely N-dealkylation sites (N-methyl/N-ethyl adjacent to an activating group) is 1. The fourth-order valence-corrected chi connectivity index (χ4v) is 8.23. The Bertz CT molecular complexity index is 708. The van der Waals surface area contributed by atoms with Crippen molar-refractivity contribution in [2.75, 3.05) is 40.0 Å². The summed E-state index contributed by atoms with van der Waals surface area (Å²) in [4.78, 5) is 15.0. The molecule has 0 aromatic heterocycles. The highest BCUT2D eigenvalue weighted by Crippen LogP contribution is 2.23. The zero-order valence-electron chi connectivity index (χ0n) is 39.6. The van der Waals surface area contributed by atoms with Crippen molar-refractivity contribution in [2.24, 2.45) is 11.8 Å². The second kappa shape index (κ2) is 43.9. The van der Waals surface area contributed by atoms with Crippen LogP contribution in [0.25, 0.3) is 0 Å². The van der Waals surface area contributed by atoms with Crippen molar-refractivity contribution in [3.05, 3.63) is 0 Å². The molecule has 0 atom stereocenters. The van der Waals surface area contributed by atoms with Crippen LogP contribution < -0.4 is 5.32 Å². The molecule has 0 aromatic rings. The summed E-state index contributed by atoms with van der Waals surface area (Å²) in [6, 6.07) is 0.714. The van der Waals surface area contributed by atoms with Crippen molar-refractivity contribution in [1.82, 2.24) is 10.2 Å². The summed E-state index contributed by atoms with van der Waals surface area (Å²) < 4.78 is 12.2. The van der Waals surface area contributed by atoms with Gasteiger partial charge in [-0.15, -0.1) is 0 Å². The lowest BCUT2D eigenvalue weighted by Gasteiger charge is -2.23. The predicted octanol–water partition coefficient (Wildman–Crippen LogP) is 15.4. The van der Waals surface area contributed by atoms with Gasteiger partial charge in [-0.05, 0) is 71.3 Å². The van der Waals surface area contributed by atoms with Gasteiger partial charge in [0.1, 0.15) is 0 Å². The highest BCUT2D eigenvalue weighted by Gasteiger charge is 2.15. The molecule has 0 saturated heterocycles. The van der Waals surface area contributed by atoms with Crippen molar-refractivity contribution >= 4 is 5.91 Å². The van der Waals surface area contributed by atoms with Crippen LogP contribution in [0.4, 0.5) is 0 Å². The number of unbranched alkanes of at least 4 members (excludes halogenated alkanes) is 20. The Morgan fingerprint density at radius 1 is 0.429 bits per heavy atom. The fraction of sp³-hybridized carbons (Fsp3) is 0.980. The van der Waals surface area contributed by atoms with Crippen molar-refractivity contribution < 1.29 is 14.3 Å². The molecule has 0 spiro atoms. The van der Waals surface area contributed by atoms with E-state index in [-0.39, 0.29) is 5.91 Å². The van der Waals surface area contributed by atoms with E-state index in [1.807, 2.05) is 0 Å². The lowest BCUT2D eigenvalue weighted by atomic mass is 9.92. The maximum atomic E-state index is 12.9. The van der Waals surface area contributed by atoms with Gasteiger partial charge in [0.2, 0.25) is 5.91 Å². The average molecular weight is 793 g/mol. The molecule has 1 amide bonds.